The number of fused-ring (bicyclic) bond motifs is 1. The average Bonchev–Trinajstić information content (AvgIpc) is 3.50. The van der Waals surface area contributed by atoms with Gasteiger partial charge in [0.2, 0.25) is 10.9 Å². The number of Topliss-reactive ketones (excluding diaryl/α,β-unsaturated/α-hetero) is 1. The Labute approximate surface area is 194 Å². The van der Waals surface area contributed by atoms with E-state index in [0.717, 1.165) is 10.9 Å². The van der Waals surface area contributed by atoms with Crippen LogP contribution in [-0.4, -0.2) is 27.0 Å². The maximum absolute atomic E-state index is 13.6. The van der Waals surface area contributed by atoms with Gasteiger partial charge in [0, 0.05) is 5.39 Å². The normalized spacial score (nSPS) is 16.4. The summed E-state index contributed by atoms with van der Waals surface area (Å²) < 4.78 is 5.76. The lowest BCUT2D eigenvalue weighted by molar-refractivity contribution is -0.117. The Balaban J connectivity index is 1.64. The SMILES string of the molecule is Cc1nnc(N2C(=O)C(O)=C(C(=O)c3cc4ccccc4o3)C2c2ccc(C(C)C)cc2)s1. The number of amides is 1. The Morgan fingerprint density at radius 2 is 1.85 bits per heavy atom. The zero-order valence-electron chi connectivity index (χ0n) is 18.3. The van der Waals surface area contributed by atoms with E-state index < -0.39 is 23.5 Å². The number of benzene rings is 2. The van der Waals surface area contributed by atoms with E-state index in [2.05, 4.69) is 24.0 Å². The molecule has 5 rings (SSSR count). The van der Waals surface area contributed by atoms with Gasteiger partial charge in [-0.1, -0.05) is 67.6 Å². The minimum absolute atomic E-state index is 0.0378. The fraction of sp³-hybridized carbons (Fsp3) is 0.200. The van der Waals surface area contributed by atoms with Crippen molar-refractivity contribution in [2.45, 2.75) is 32.7 Å². The number of anilines is 1. The maximum Gasteiger partial charge on any atom is 0.296 e. The van der Waals surface area contributed by atoms with E-state index in [1.54, 1.807) is 19.1 Å². The molecule has 1 aliphatic heterocycles. The van der Waals surface area contributed by atoms with Gasteiger partial charge in [-0.05, 0) is 36.1 Å². The van der Waals surface area contributed by atoms with E-state index in [1.807, 2.05) is 42.5 Å². The first-order chi connectivity index (χ1) is 15.8. The van der Waals surface area contributed by atoms with Gasteiger partial charge in [-0.3, -0.25) is 14.5 Å². The van der Waals surface area contributed by atoms with E-state index in [-0.39, 0.29) is 11.3 Å². The third-order valence-electron chi connectivity index (χ3n) is 5.74. The van der Waals surface area contributed by atoms with Gasteiger partial charge >= 0.3 is 0 Å². The van der Waals surface area contributed by atoms with Crippen molar-refractivity contribution in [1.82, 2.24) is 10.2 Å². The number of ketones is 1. The van der Waals surface area contributed by atoms with Crippen molar-refractivity contribution < 1.29 is 19.1 Å². The van der Waals surface area contributed by atoms with Gasteiger partial charge in [-0.25, -0.2) is 0 Å². The van der Waals surface area contributed by atoms with Crippen molar-refractivity contribution in [3.05, 3.63) is 87.8 Å². The third-order valence-corrected chi connectivity index (χ3v) is 6.58. The molecule has 8 heteroatoms. The summed E-state index contributed by atoms with van der Waals surface area (Å²) in [4.78, 5) is 28.1. The van der Waals surface area contributed by atoms with Gasteiger partial charge in [0.05, 0.1) is 11.6 Å². The average molecular weight is 460 g/mol. The number of rotatable bonds is 5. The molecule has 4 aromatic rings. The maximum atomic E-state index is 13.6. The van der Waals surface area contributed by atoms with Crippen LogP contribution in [0, 0.1) is 6.92 Å². The molecule has 1 aliphatic rings. The molecule has 1 unspecified atom stereocenters. The highest BCUT2D eigenvalue weighted by atomic mass is 32.1. The summed E-state index contributed by atoms with van der Waals surface area (Å²) in [5, 5.41) is 20.7. The number of aryl methyl sites for hydroxylation is 1. The number of aromatic nitrogens is 2. The van der Waals surface area contributed by atoms with Crippen molar-refractivity contribution in [2.24, 2.45) is 0 Å². The van der Waals surface area contributed by atoms with Gasteiger partial charge in [0.15, 0.2) is 11.5 Å². The summed E-state index contributed by atoms with van der Waals surface area (Å²) in [5.41, 5.74) is 2.33. The number of aliphatic hydroxyl groups excluding tert-OH is 1. The van der Waals surface area contributed by atoms with Crippen LogP contribution in [0.3, 0.4) is 0 Å². The number of para-hydroxylation sites is 1. The third kappa shape index (κ3) is 3.52. The molecular formula is C25H21N3O4S. The van der Waals surface area contributed by atoms with Crippen LogP contribution >= 0.6 is 11.3 Å². The lowest BCUT2D eigenvalue weighted by Crippen LogP contribution is -2.31. The number of nitrogens with zero attached hydrogens (tertiary/aromatic N) is 3. The van der Waals surface area contributed by atoms with Gasteiger partial charge < -0.3 is 9.52 Å². The van der Waals surface area contributed by atoms with E-state index in [1.165, 1.54) is 16.2 Å². The molecule has 0 saturated heterocycles. The number of aliphatic hydroxyl groups is 1. The van der Waals surface area contributed by atoms with Gasteiger partial charge in [0.25, 0.3) is 5.91 Å². The molecule has 0 fully saturated rings. The Morgan fingerprint density at radius 1 is 1.12 bits per heavy atom. The van der Waals surface area contributed by atoms with Crippen LogP contribution in [0.1, 0.15) is 52.5 Å². The first-order valence-corrected chi connectivity index (χ1v) is 11.4. The molecule has 7 nitrogen and oxygen atoms in total. The van der Waals surface area contributed by atoms with Crippen molar-refractivity contribution >= 4 is 39.1 Å². The molecule has 0 spiro atoms. The molecule has 33 heavy (non-hydrogen) atoms. The Kier molecular flexibility index (Phi) is 5.09. The summed E-state index contributed by atoms with van der Waals surface area (Å²) in [7, 11) is 0. The largest absolute Gasteiger partial charge is 0.503 e. The first kappa shape index (κ1) is 21.1. The second-order valence-corrected chi connectivity index (χ2v) is 9.40. The zero-order valence-corrected chi connectivity index (χ0v) is 19.1. The van der Waals surface area contributed by atoms with E-state index in [0.29, 0.717) is 27.2 Å². The smallest absolute Gasteiger partial charge is 0.296 e. The van der Waals surface area contributed by atoms with Crippen LogP contribution in [0.2, 0.25) is 0 Å². The molecule has 0 aliphatic carbocycles. The number of hydrogen-bond acceptors (Lipinski definition) is 7. The first-order valence-electron chi connectivity index (χ1n) is 10.5. The minimum Gasteiger partial charge on any atom is -0.503 e. The van der Waals surface area contributed by atoms with Crippen LogP contribution in [0.5, 0.6) is 0 Å². The predicted molar refractivity (Wildman–Crippen MR) is 126 cm³/mol. The van der Waals surface area contributed by atoms with Gasteiger partial charge in [-0.15, -0.1) is 10.2 Å². The molecule has 2 aromatic heterocycles. The van der Waals surface area contributed by atoms with E-state index in [9.17, 15) is 14.7 Å². The molecule has 166 valence electrons. The highest BCUT2D eigenvalue weighted by Gasteiger charge is 2.46. The molecule has 2 aromatic carbocycles. The van der Waals surface area contributed by atoms with Crippen LogP contribution in [0.15, 0.2) is 70.3 Å². The lowest BCUT2D eigenvalue weighted by atomic mass is 9.93. The van der Waals surface area contributed by atoms with Crippen LogP contribution in [0.25, 0.3) is 11.0 Å². The molecular weight excluding hydrogens is 438 g/mol. The summed E-state index contributed by atoms with van der Waals surface area (Å²) in [6, 6.07) is 15.7. The highest BCUT2D eigenvalue weighted by Crippen LogP contribution is 2.43. The standard InChI is InChI=1S/C25H21N3O4S/c1-13(2)15-8-10-16(11-9-15)21-20(22(29)19-12-17-6-4-5-7-18(17)32-19)23(30)24(31)28(21)25-27-26-14(3)33-25/h4-13,21,30H,1-3H3. The topological polar surface area (TPSA) is 96.5 Å². The van der Waals surface area contributed by atoms with E-state index >= 15 is 0 Å². The van der Waals surface area contributed by atoms with Crippen molar-refractivity contribution in [2.75, 3.05) is 4.90 Å². The second-order valence-electron chi connectivity index (χ2n) is 8.24. The molecule has 0 radical (unpaired) electrons. The molecule has 3 heterocycles. The van der Waals surface area contributed by atoms with E-state index in [4.69, 9.17) is 4.42 Å². The number of hydrogen-bond donors (Lipinski definition) is 1. The number of furan rings is 1. The lowest BCUT2D eigenvalue weighted by Gasteiger charge is -2.24. The second kappa shape index (κ2) is 7.97. The Hall–Kier alpha value is -3.78. The zero-order chi connectivity index (χ0) is 23.3. The van der Waals surface area contributed by atoms with Crippen molar-refractivity contribution in [1.29, 1.82) is 0 Å². The Morgan fingerprint density at radius 3 is 2.48 bits per heavy atom. The fourth-order valence-corrected chi connectivity index (χ4v) is 4.74. The predicted octanol–water partition coefficient (Wildman–Crippen LogP) is 5.50. The Bertz CT molecular complexity index is 1380. The molecule has 0 bridgehead atoms. The number of carbonyl (C=O) groups is 2. The number of carbonyl (C=O) groups excluding carboxylic acids is 2. The summed E-state index contributed by atoms with van der Waals surface area (Å²) in [5.74, 6) is -1.45. The molecule has 0 saturated carbocycles. The molecule has 1 atom stereocenters. The molecule has 1 amide bonds. The summed E-state index contributed by atoms with van der Waals surface area (Å²) >= 11 is 1.22. The highest BCUT2D eigenvalue weighted by molar-refractivity contribution is 7.15. The van der Waals surface area contributed by atoms with Crippen LogP contribution in [0.4, 0.5) is 5.13 Å². The monoisotopic (exact) mass is 459 g/mol. The van der Waals surface area contributed by atoms with Gasteiger partial charge in [0.1, 0.15) is 10.6 Å². The van der Waals surface area contributed by atoms with Crippen molar-refractivity contribution in [3.63, 3.8) is 0 Å². The quantitative estimate of drug-likeness (QED) is 0.396. The van der Waals surface area contributed by atoms with Gasteiger partial charge in [-0.2, -0.15) is 0 Å². The van der Waals surface area contributed by atoms with Crippen LogP contribution in [-0.2, 0) is 4.79 Å². The minimum atomic E-state index is -0.855. The summed E-state index contributed by atoms with van der Waals surface area (Å²) in [6.07, 6.45) is 0. The fourth-order valence-electron chi connectivity index (χ4n) is 4.02. The van der Waals surface area contributed by atoms with Crippen LogP contribution < -0.4 is 4.90 Å². The molecule has 1 N–H and O–H groups in total. The van der Waals surface area contributed by atoms with Crippen molar-refractivity contribution in [3.8, 4) is 0 Å². The summed E-state index contributed by atoms with van der Waals surface area (Å²) in [6.45, 7) is 5.96.